The maximum absolute atomic E-state index is 13.1. The van der Waals surface area contributed by atoms with Crippen molar-refractivity contribution < 1.29 is 18.8 Å². The van der Waals surface area contributed by atoms with Crippen molar-refractivity contribution >= 4 is 23.5 Å². The van der Waals surface area contributed by atoms with Gasteiger partial charge < -0.3 is 4.90 Å². The first-order valence-corrected chi connectivity index (χ1v) is 8.08. The molecule has 2 rings (SSSR count). The highest BCUT2D eigenvalue weighted by Crippen LogP contribution is 2.26. The predicted octanol–water partition coefficient (Wildman–Crippen LogP) is 2.41. The van der Waals surface area contributed by atoms with Crippen molar-refractivity contribution in [2.75, 3.05) is 24.5 Å². The van der Waals surface area contributed by atoms with Crippen LogP contribution in [0, 0.1) is 5.82 Å². The number of carbonyl (C=O) groups excluding carboxylic acids is 3. The number of imide groups is 1. The molecule has 0 spiro atoms. The highest BCUT2D eigenvalue weighted by Gasteiger charge is 2.44. The number of hydrogen-bond acceptors (Lipinski definition) is 3. The van der Waals surface area contributed by atoms with Crippen LogP contribution in [0.4, 0.5) is 14.9 Å². The number of nitrogens with zero attached hydrogens (tertiary/aromatic N) is 3. The summed E-state index contributed by atoms with van der Waals surface area (Å²) in [5.74, 6) is -1.20. The average molecular weight is 347 g/mol. The van der Waals surface area contributed by atoms with Gasteiger partial charge in [-0.25, -0.2) is 9.18 Å². The summed E-state index contributed by atoms with van der Waals surface area (Å²) in [6.45, 7) is 9.50. The molecule has 4 amide bonds. The fourth-order valence-electron chi connectivity index (χ4n) is 2.74. The molecule has 0 bridgehead atoms. The highest BCUT2D eigenvalue weighted by molar-refractivity contribution is 6.15. The van der Waals surface area contributed by atoms with Crippen LogP contribution < -0.4 is 4.90 Å². The van der Waals surface area contributed by atoms with Gasteiger partial charge in [-0.2, -0.15) is 0 Å². The van der Waals surface area contributed by atoms with E-state index in [1.807, 2.05) is 6.92 Å². The van der Waals surface area contributed by atoms with E-state index in [2.05, 4.69) is 6.58 Å². The first-order chi connectivity index (χ1) is 11.8. The molecule has 1 atom stereocenters. The maximum atomic E-state index is 13.1. The normalized spacial score (nSPS) is 17.2. The topological polar surface area (TPSA) is 60.9 Å². The van der Waals surface area contributed by atoms with Gasteiger partial charge in [0, 0.05) is 18.8 Å². The van der Waals surface area contributed by atoms with Crippen LogP contribution in [0.2, 0.25) is 0 Å². The second-order valence-electron chi connectivity index (χ2n) is 6.09. The van der Waals surface area contributed by atoms with Crippen molar-refractivity contribution in [2.45, 2.75) is 26.8 Å². The van der Waals surface area contributed by atoms with Crippen molar-refractivity contribution in [3.05, 3.63) is 42.2 Å². The molecule has 0 saturated carbocycles. The minimum Gasteiger partial charge on any atom is -0.337 e. The lowest BCUT2D eigenvalue weighted by atomic mass is 10.2. The summed E-state index contributed by atoms with van der Waals surface area (Å²) in [5, 5.41) is 0. The summed E-state index contributed by atoms with van der Waals surface area (Å²) in [6, 6.07) is 3.98. The number of rotatable bonds is 6. The molecule has 0 aliphatic carbocycles. The van der Waals surface area contributed by atoms with Crippen LogP contribution in [0.5, 0.6) is 0 Å². The third-order valence-electron chi connectivity index (χ3n) is 4.04. The Balaban J connectivity index is 2.18. The van der Waals surface area contributed by atoms with Gasteiger partial charge in [0.1, 0.15) is 18.4 Å². The number of amides is 4. The van der Waals surface area contributed by atoms with Crippen molar-refractivity contribution in [3.63, 3.8) is 0 Å². The summed E-state index contributed by atoms with van der Waals surface area (Å²) < 4.78 is 13.1. The van der Waals surface area contributed by atoms with Crippen LogP contribution in [-0.4, -0.2) is 53.3 Å². The van der Waals surface area contributed by atoms with Crippen molar-refractivity contribution in [3.8, 4) is 0 Å². The van der Waals surface area contributed by atoms with Gasteiger partial charge in [-0.15, -0.1) is 0 Å². The zero-order chi connectivity index (χ0) is 18.7. The Morgan fingerprint density at radius 2 is 1.88 bits per heavy atom. The predicted molar refractivity (Wildman–Crippen MR) is 92.5 cm³/mol. The Morgan fingerprint density at radius 3 is 2.40 bits per heavy atom. The van der Waals surface area contributed by atoms with Crippen LogP contribution in [0.25, 0.3) is 0 Å². The molecule has 1 aliphatic rings. The standard InChI is InChI=1S/C18H22FN3O3/c1-5-20(10-12(2)3)16(23)11-21-17(24)13(4)22(18(21)25)15-8-6-14(19)7-9-15/h6-9,13H,2,5,10-11H2,1,3-4H3. The van der Waals surface area contributed by atoms with Crippen LogP contribution in [0.3, 0.4) is 0 Å². The second kappa shape index (κ2) is 7.46. The Morgan fingerprint density at radius 1 is 1.28 bits per heavy atom. The Kier molecular flexibility index (Phi) is 5.56. The van der Waals surface area contributed by atoms with E-state index in [-0.39, 0.29) is 12.5 Å². The zero-order valence-electron chi connectivity index (χ0n) is 14.7. The molecule has 1 aromatic rings. The molecule has 1 fully saturated rings. The van der Waals surface area contributed by atoms with E-state index in [4.69, 9.17) is 0 Å². The molecule has 0 N–H and O–H groups in total. The number of carbonyl (C=O) groups is 3. The molecule has 0 radical (unpaired) electrons. The Labute approximate surface area is 146 Å². The van der Waals surface area contributed by atoms with E-state index in [9.17, 15) is 18.8 Å². The van der Waals surface area contributed by atoms with E-state index in [1.54, 1.807) is 13.8 Å². The molecule has 1 saturated heterocycles. The van der Waals surface area contributed by atoms with Gasteiger partial charge in [0.15, 0.2) is 0 Å². The van der Waals surface area contributed by atoms with E-state index >= 15 is 0 Å². The number of benzene rings is 1. The summed E-state index contributed by atoms with van der Waals surface area (Å²) in [4.78, 5) is 41.2. The van der Waals surface area contributed by atoms with E-state index in [0.717, 1.165) is 10.5 Å². The minimum absolute atomic E-state index is 0.319. The average Bonchev–Trinajstić information content (AvgIpc) is 2.77. The second-order valence-corrected chi connectivity index (χ2v) is 6.09. The molecule has 6 nitrogen and oxygen atoms in total. The molecule has 7 heteroatoms. The van der Waals surface area contributed by atoms with Crippen LogP contribution in [0.1, 0.15) is 20.8 Å². The van der Waals surface area contributed by atoms with E-state index < -0.39 is 23.8 Å². The molecule has 1 unspecified atom stereocenters. The lowest BCUT2D eigenvalue weighted by Crippen LogP contribution is -2.44. The third-order valence-corrected chi connectivity index (χ3v) is 4.04. The number of hydrogen-bond donors (Lipinski definition) is 0. The van der Waals surface area contributed by atoms with Crippen molar-refractivity contribution in [2.24, 2.45) is 0 Å². The van der Waals surface area contributed by atoms with Crippen molar-refractivity contribution in [1.82, 2.24) is 9.80 Å². The molecule has 25 heavy (non-hydrogen) atoms. The lowest BCUT2D eigenvalue weighted by molar-refractivity contribution is -0.136. The first-order valence-electron chi connectivity index (χ1n) is 8.08. The Hall–Kier alpha value is -2.70. The lowest BCUT2D eigenvalue weighted by Gasteiger charge is -2.23. The van der Waals surface area contributed by atoms with Crippen molar-refractivity contribution in [1.29, 1.82) is 0 Å². The zero-order valence-corrected chi connectivity index (χ0v) is 14.7. The van der Waals surface area contributed by atoms with Gasteiger partial charge in [-0.1, -0.05) is 12.2 Å². The fourth-order valence-corrected chi connectivity index (χ4v) is 2.74. The molecule has 1 aliphatic heterocycles. The minimum atomic E-state index is -0.748. The monoisotopic (exact) mass is 347 g/mol. The largest absolute Gasteiger partial charge is 0.337 e. The van der Waals surface area contributed by atoms with Crippen LogP contribution in [-0.2, 0) is 9.59 Å². The number of likely N-dealkylation sites (N-methyl/N-ethyl adjacent to an activating group) is 1. The fraction of sp³-hybridized carbons (Fsp3) is 0.389. The van der Waals surface area contributed by atoms with E-state index in [0.29, 0.717) is 18.8 Å². The SMILES string of the molecule is C=C(C)CN(CC)C(=O)CN1C(=O)C(C)N(c2ccc(F)cc2)C1=O. The molecule has 1 aromatic carbocycles. The summed E-state index contributed by atoms with van der Waals surface area (Å²) in [7, 11) is 0. The van der Waals surface area contributed by atoms with Crippen LogP contribution >= 0.6 is 0 Å². The highest BCUT2D eigenvalue weighted by atomic mass is 19.1. The van der Waals surface area contributed by atoms with Gasteiger partial charge in [-0.05, 0) is 45.0 Å². The summed E-state index contributed by atoms with van der Waals surface area (Å²) in [5.41, 5.74) is 1.23. The number of urea groups is 1. The van der Waals surface area contributed by atoms with Crippen LogP contribution in [0.15, 0.2) is 36.4 Å². The maximum Gasteiger partial charge on any atom is 0.332 e. The van der Waals surface area contributed by atoms with Gasteiger partial charge in [0.25, 0.3) is 5.91 Å². The summed E-state index contributed by atoms with van der Waals surface area (Å²) >= 11 is 0. The van der Waals surface area contributed by atoms with Gasteiger partial charge in [0.2, 0.25) is 5.91 Å². The number of halogens is 1. The molecular formula is C18H22FN3O3. The third kappa shape index (κ3) is 3.87. The molecular weight excluding hydrogens is 325 g/mol. The van der Waals surface area contributed by atoms with Gasteiger partial charge in [-0.3, -0.25) is 19.4 Å². The number of anilines is 1. The molecule has 0 aromatic heterocycles. The Bertz CT molecular complexity index is 702. The smallest absolute Gasteiger partial charge is 0.332 e. The first kappa shape index (κ1) is 18.6. The quantitative estimate of drug-likeness (QED) is 0.586. The van der Waals surface area contributed by atoms with Gasteiger partial charge in [0.05, 0.1) is 0 Å². The molecule has 134 valence electrons. The van der Waals surface area contributed by atoms with E-state index in [1.165, 1.54) is 34.1 Å². The summed E-state index contributed by atoms with van der Waals surface area (Å²) in [6.07, 6.45) is 0. The molecule has 1 heterocycles. The van der Waals surface area contributed by atoms with Gasteiger partial charge >= 0.3 is 6.03 Å².